The number of unbranched alkanes of at least 4 members (excludes halogenated alkanes) is 2. The highest BCUT2D eigenvalue weighted by Crippen LogP contribution is 2.23. The second kappa shape index (κ2) is 14.2. The Morgan fingerprint density at radius 3 is 2.53 bits per heavy atom. The van der Waals surface area contributed by atoms with Gasteiger partial charge in [-0.1, -0.05) is 35.7 Å². The number of carbonyl (C=O) groups excluding carboxylic acids is 2. The number of nitrogens with zero attached hydrogens (tertiary/aromatic N) is 1. The number of carbonyl (C=O) groups is 2. The summed E-state index contributed by atoms with van der Waals surface area (Å²) in [6.07, 6.45) is 7.66. The molecule has 3 amide bonds. The van der Waals surface area contributed by atoms with Crippen LogP contribution in [-0.4, -0.2) is 49.1 Å². The zero-order valence-corrected chi connectivity index (χ0v) is 21.3. The van der Waals surface area contributed by atoms with Gasteiger partial charge in [0.15, 0.2) is 0 Å². The number of halogens is 4. The predicted molar refractivity (Wildman–Crippen MR) is 140 cm³/mol. The fraction of sp³-hybridized carbons (Fsp3) is 0.385. The van der Waals surface area contributed by atoms with E-state index in [4.69, 9.17) is 23.2 Å². The molecule has 3 N–H and O–H groups in total. The fourth-order valence-electron chi connectivity index (χ4n) is 3.93. The van der Waals surface area contributed by atoms with E-state index < -0.39 is 17.7 Å². The molecule has 1 aliphatic heterocycles. The van der Waals surface area contributed by atoms with Crippen molar-refractivity contribution >= 4 is 46.9 Å². The Kier molecular flexibility index (Phi) is 11.0. The van der Waals surface area contributed by atoms with Crippen LogP contribution in [0.1, 0.15) is 37.7 Å². The highest BCUT2D eigenvalue weighted by molar-refractivity contribution is 6.42. The van der Waals surface area contributed by atoms with Crippen LogP contribution in [0.5, 0.6) is 0 Å². The normalized spacial score (nSPS) is 14.7. The molecule has 2 aromatic rings. The van der Waals surface area contributed by atoms with Gasteiger partial charge in [0, 0.05) is 37.8 Å². The van der Waals surface area contributed by atoms with Crippen molar-refractivity contribution in [2.75, 3.05) is 31.5 Å². The lowest BCUT2D eigenvalue weighted by Gasteiger charge is -2.32. The van der Waals surface area contributed by atoms with Gasteiger partial charge in [-0.2, -0.15) is 0 Å². The molecule has 1 fully saturated rings. The van der Waals surface area contributed by atoms with Crippen LogP contribution >= 0.6 is 23.2 Å². The van der Waals surface area contributed by atoms with Crippen LogP contribution in [0.3, 0.4) is 0 Å². The minimum atomic E-state index is -0.680. The molecule has 3 rings (SSSR count). The summed E-state index contributed by atoms with van der Waals surface area (Å²) >= 11 is 11.9. The first-order chi connectivity index (χ1) is 17.3. The molecule has 36 heavy (non-hydrogen) atoms. The van der Waals surface area contributed by atoms with Gasteiger partial charge in [0.1, 0.15) is 11.6 Å². The van der Waals surface area contributed by atoms with Gasteiger partial charge >= 0.3 is 6.03 Å². The first kappa shape index (κ1) is 27.9. The third kappa shape index (κ3) is 9.41. The Morgan fingerprint density at radius 2 is 1.78 bits per heavy atom. The van der Waals surface area contributed by atoms with Crippen molar-refractivity contribution < 1.29 is 18.4 Å². The topological polar surface area (TPSA) is 73.5 Å². The lowest BCUT2D eigenvalue weighted by Crippen LogP contribution is -2.46. The van der Waals surface area contributed by atoms with E-state index in [1.807, 2.05) is 0 Å². The first-order valence-electron chi connectivity index (χ1n) is 12.0. The summed E-state index contributed by atoms with van der Waals surface area (Å²) < 4.78 is 26.9. The van der Waals surface area contributed by atoms with Crippen LogP contribution in [0.4, 0.5) is 19.3 Å². The minimum absolute atomic E-state index is 0.00923. The van der Waals surface area contributed by atoms with Gasteiger partial charge in [-0.15, -0.1) is 0 Å². The van der Waals surface area contributed by atoms with Crippen molar-refractivity contribution in [2.45, 2.75) is 38.1 Å². The number of piperidine rings is 1. The van der Waals surface area contributed by atoms with Gasteiger partial charge in [0.25, 0.3) is 0 Å². The van der Waals surface area contributed by atoms with Gasteiger partial charge in [-0.3, -0.25) is 4.79 Å². The Labute approximate surface area is 220 Å². The van der Waals surface area contributed by atoms with E-state index in [1.165, 1.54) is 6.08 Å². The molecule has 194 valence electrons. The van der Waals surface area contributed by atoms with Crippen LogP contribution in [0.15, 0.2) is 42.5 Å². The molecule has 0 bridgehead atoms. The smallest absolute Gasteiger partial charge is 0.319 e. The number of anilines is 1. The number of benzene rings is 2. The average molecular weight is 539 g/mol. The molecule has 1 aliphatic rings. The van der Waals surface area contributed by atoms with Crippen molar-refractivity contribution in [1.82, 2.24) is 15.5 Å². The van der Waals surface area contributed by atoms with E-state index in [0.29, 0.717) is 16.6 Å². The van der Waals surface area contributed by atoms with Crippen LogP contribution < -0.4 is 16.0 Å². The third-order valence-corrected chi connectivity index (χ3v) is 6.66. The summed E-state index contributed by atoms with van der Waals surface area (Å²) in [6.45, 7) is 3.28. The van der Waals surface area contributed by atoms with E-state index in [2.05, 4.69) is 20.9 Å². The SMILES string of the molecule is O=C(/C=C/c1ccc(Cl)c(Cl)c1)NCCCCCN1CCC(NC(=O)Nc2cc(F)ccc2F)CC1. The molecule has 0 atom stereocenters. The number of nitrogens with one attached hydrogen (secondary N) is 3. The molecular formula is C26H30Cl2F2N4O2. The molecular weight excluding hydrogens is 509 g/mol. The van der Waals surface area contributed by atoms with Crippen molar-refractivity contribution in [3.05, 3.63) is 69.7 Å². The third-order valence-electron chi connectivity index (χ3n) is 5.92. The molecule has 2 aromatic carbocycles. The fourth-order valence-corrected chi connectivity index (χ4v) is 4.24. The van der Waals surface area contributed by atoms with Gasteiger partial charge in [0.2, 0.25) is 5.91 Å². The molecule has 0 aromatic heterocycles. The number of hydrogen-bond acceptors (Lipinski definition) is 3. The summed E-state index contributed by atoms with van der Waals surface area (Å²) in [5, 5.41) is 9.00. The quantitative estimate of drug-likeness (QED) is 0.262. The number of amides is 3. The van der Waals surface area contributed by atoms with Crippen molar-refractivity contribution in [1.29, 1.82) is 0 Å². The summed E-state index contributed by atoms with van der Waals surface area (Å²) in [5.74, 6) is -1.44. The number of urea groups is 1. The van der Waals surface area contributed by atoms with Crippen LogP contribution in [0, 0.1) is 11.6 Å². The molecule has 0 unspecified atom stereocenters. The first-order valence-corrected chi connectivity index (χ1v) is 12.7. The second-order valence-corrected chi connectivity index (χ2v) is 9.51. The molecule has 1 heterocycles. The summed E-state index contributed by atoms with van der Waals surface area (Å²) in [7, 11) is 0. The van der Waals surface area contributed by atoms with Gasteiger partial charge < -0.3 is 20.9 Å². The van der Waals surface area contributed by atoms with Crippen molar-refractivity contribution in [3.8, 4) is 0 Å². The van der Waals surface area contributed by atoms with Gasteiger partial charge in [-0.25, -0.2) is 13.6 Å². The standard InChI is InChI=1S/C26H30Cl2F2N4O2/c27-21-7-4-18(16-22(21)28)5-9-25(35)31-12-2-1-3-13-34-14-10-20(11-15-34)32-26(36)33-24-17-19(29)6-8-23(24)30/h4-9,16-17,20H,1-3,10-15H2,(H,31,35)(H2,32,33,36)/b9-5+. The Balaban J connectivity index is 1.23. The number of likely N-dealkylation sites (tertiary alicyclic amines) is 1. The highest BCUT2D eigenvalue weighted by atomic mass is 35.5. The van der Waals surface area contributed by atoms with Crippen LogP contribution in [0.25, 0.3) is 6.08 Å². The van der Waals surface area contributed by atoms with Crippen molar-refractivity contribution in [3.63, 3.8) is 0 Å². The second-order valence-electron chi connectivity index (χ2n) is 8.70. The summed E-state index contributed by atoms with van der Waals surface area (Å²) in [5.41, 5.74) is 0.628. The molecule has 0 radical (unpaired) electrons. The monoisotopic (exact) mass is 538 g/mol. The lowest BCUT2D eigenvalue weighted by atomic mass is 10.0. The summed E-state index contributed by atoms with van der Waals surface area (Å²) in [6, 6.07) is 7.58. The van der Waals surface area contributed by atoms with E-state index in [0.717, 1.165) is 75.5 Å². The largest absolute Gasteiger partial charge is 0.353 e. The predicted octanol–water partition coefficient (Wildman–Crippen LogP) is 5.86. The van der Waals surface area contributed by atoms with E-state index in [1.54, 1.807) is 24.3 Å². The zero-order chi connectivity index (χ0) is 25.9. The maximum absolute atomic E-state index is 13.7. The van der Waals surface area contributed by atoms with Crippen LogP contribution in [0.2, 0.25) is 10.0 Å². The summed E-state index contributed by atoms with van der Waals surface area (Å²) in [4.78, 5) is 26.4. The minimum Gasteiger partial charge on any atom is -0.353 e. The highest BCUT2D eigenvalue weighted by Gasteiger charge is 2.20. The van der Waals surface area contributed by atoms with E-state index in [9.17, 15) is 18.4 Å². The molecule has 0 saturated carbocycles. The Bertz CT molecular complexity index is 1080. The molecule has 10 heteroatoms. The number of rotatable bonds is 10. The molecule has 0 aliphatic carbocycles. The van der Waals surface area contributed by atoms with E-state index >= 15 is 0 Å². The van der Waals surface area contributed by atoms with E-state index in [-0.39, 0.29) is 17.6 Å². The lowest BCUT2D eigenvalue weighted by molar-refractivity contribution is -0.116. The van der Waals surface area contributed by atoms with Crippen molar-refractivity contribution in [2.24, 2.45) is 0 Å². The zero-order valence-electron chi connectivity index (χ0n) is 19.8. The maximum atomic E-state index is 13.7. The average Bonchev–Trinajstić information content (AvgIpc) is 2.85. The maximum Gasteiger partial charge on any atom is 0.319 e. The Hall–Kier alpha value is -2.68. The molecule has 1 saturated heterocycles. The molecule has 0 spiro atoms. The Morgan fingerprint density at radius 1 is 1.00 bits per heavy atom. The van der Waals surface area contributed by atoms with Gasteiger partial charge in [0.05, 0.1) is 15.7 Å². The molecule has 6 nitrogen and oxygen atoms in total. The van der Waals surface area contributed by atoms with Crippen LogP contribution in [-0.2, 0) is 4.79 Å². The number of hydrogen-bond donors (Lipinski definition) is 3. The van der Waals surface area contributed by atoms with Gasteiger partial charge in [-0.05, 0) is 68.1 Å².